The number of hydrogen-bond acceptors (Lipinski definition) is 3. The van der Waals surface area contributed by atoms with Gasteiger partial charge in [-0.05, 0) is 28.7 Å². The molecule has 0 radical (unpaired) electrons. The third-order valence-corrected chi connectivity index (χ3v) is 5.19. The Labute approximate surface area is 138 Å². The fourth-order valence-corrected chi connectivity index (χ4v) is 3.30. The molecule has 0 amide bonds. The number of rotatable bonds is 5. The average molecular weight is 332 g/mol. The summed E-state index contributed by atoms with van der Waals surface area (Å²) in [4.78, 5) is 0.255. The first kappa shape index (κ1) is 17.7. The van der Waals surface area contributed by atoms with Gasteiger partial charge >= 0.3 is 0 Å². The Balaban J connectivity index is 2.07. The Morgan fingerprint density at radius 2 is 1.57 bits per heavy atom. The summed E-state index contributed by atoms with van der Waals surface area (Å²) >= 11 is 0. The zero-order valence-corrected chi connectivity index (χ0v) is 14.6. The molecule has 0 spiro atoms. The molecule has 0 heterocycles. The third-order valence-electron chi connectivity index (χ3n) is 3.75. The van der Waals surface area contributed by atoms with Crippen LogP contribution < -0.4 is 10.5 Å². The van der Waals surface area contributed by atoms with E-state index in [-0.39, 0.29) is 22.9 Å². The van der Waals surface area contributed by atoms with Crippen LogP contribution in [0.1, 0.15) is 37.9 Å². The summed E-state index contributed by atoms with van der Waals surface area (Å²) < 4.78 is 27.3. The van der Waals surface area contributed by atoms with E-state index >= 15 is 0 Å². The predicted octanol–water partition coefficient (Wildman–Crippen LogP) is 2.96. The van der Waals surface area contributed by atoms with E-state index < -0.39 is 10.0 Å². The Morgan fingerprint density at radius 3 is 2.09 bits per heavy atom. The molecule has 124 valence electrons. The average Bonchev–Trinajstić information content (AvgIpc) is 2.53. The van der Waals surface area contributed by atoms with Crippen LogP contribution in [0.15, 0.2) is 59.5 Å². The lowest BCUT2D eigenvalue weighted by Crippen LogP contribution is -2.32. The van der Waals surface area contributed by atoms with Gasteiger partial charge in [-0.25, -0.2) is 13.1 Å². The molecule has 0 bridgehead atoms. The largest absolute Gasteiger partial charge is 0.323 e. The van der Waals surface area contributed by atoms with Gasteiger partial charge in [0.25, 0.3) is 0 Å². The first-order valence-electron chi connectivity index (χ1n) is 7.61. The lowest BCUT2D eigenvalue weighted by atomic mass is 9.87. The van der Waals surface area contributed by atoms with Gasteiger partial charge in [0.1, 0.15) is 0 Å². The summed E-state index contributed by atoms with van der Waals surface area (Å²) in [5.74, 6) is 0. The molecule has 0 aliphatic rings. The number of sulfonamides is 1. The van der Waals surface area contributed by atoms with Crippen molar-refractivity contribution < 1.29 is 8.42 Å². The summed E-state index contributed by atoms with van der Waals surface area (Å²) in [6.07, 6.45) is 0. The monoisotopic (exact) mass is 332 g/mol. The summed E-state index contributed by atoms with van der Waals surface area (Å²) in [5, 5.41) is 0. The van der Waals surface area contributed by atoms with E-state index in [0.29, 0.717) is 0 Å². The second-order valence-electron chi connectivity index (χ2n) is 6.64. The first-order chi connectivity index (χ1) is 10.7. The van der Waals surface area contributed by atoms with Crippen molar-refractivity contribution >= 4 is 10.0 Å². The SMILES string of the molecule is CC(C)(C)c1ccc(S(=O)(=O)NCC(N)c2ccccc2)cc1. The van der Waals surface area contributed by atoms with Crippen LogP contribution in [0.5, 0.6) is 0 Å². The summed E-state index contributed by atoms with van der Waals surface area (Å²) in [5.41, 5.74) is 8.02. The zero-order valence-electron chi connectivity index (χ0n) is 13.8. The molecule has 3 N–H and O–H groups in total. The highest BCUT2D eigenvalue weighted by atomic mass is 32.2. The minimum Gasteiger partial charge on any atom is -0.323 e. The summed E-state index contributed by atoms with van der Waals surface area (Å²) in [7, 11) is -3.56. The van der Waals surface area contributed by atoms with Gasteiger partial charge in [0, 0.05) is 12.6 Å². The molecule has 0 fully saturated rings. The van der Waals surface area contributed by atoms with Crippen molar-refractivity contribution in [3.05, 3.63) is 65.7 Å². The molecular formula is C18H24N2O2S. The van der Waals surface area contributed by atoms with E-state index in [1.807, 2.05) is 42.5 Å². The van der Waals surface area contributed by atoms with Crippen molar-refractivity contribution in [1.29, 1.82) is 0 Å². The van der Waals surface area contributed by atoms with Crippen molar-refractivity contribution in [2.24, 2.45) is 5.73 Å². The highest BCUT2D eigenvalue weighted by Crippen LogP contribution is 2.23. The molecule has 2 rings (SSSR count). The first-order valence-corrected chi connectivity index (χ1v) is 9.09. The lowest BCUT2D eigenvalue weighted by Gasteiger charge is -2.19. The van der Waals surface area contributed by atoms with Crippen molar-refractivity contribution in [3.63, 3.8) is 0 Å². The van der Waals surface area contributed by atoms with Crippen LogP contribution in [-0.2, 0) is 15.4 Å². The molecule has 4 nitrogen and oxygen atoms in total. The maximum atomic E-state index is 12.4. The zero-order chi connectivity index (χ0) is 17.1. The van der Waals surface area contributed by atoms with Crippen molar-refractivity contribution in [3.8, 4) is 0 Å². The van der Waals surface area contributed by atoms with E-state index in [0.717, 1.165) is 11.1 Å². The molecular weight excluding hydrogens is 308 g/mol. The van der Waals surface area contributed by atoms with Crippen LogP contribution >= 0.6 is 0 Å². The molecule has 5 heteroatoms. The van der Waals surface area contributed by atoms with Crippen molar-refractivity contribution in [2.45, 2.75) is 37.1 Å². The van der Waals surface area contributed by atoms with Gasteiger partial charge in [0.05, 0.1) is 4.90 Å². The number of hydrogen-bond donors (Lipinski definition) is 2. The third kappa shape index (κ3) is 4.64. The smallest absolute Gasteiger partial charge is 0.240 e. The minimum atomic E-state index is -3.56. The maximum absolute atomic E-state index is 12.4. The van der Waals surface area contributed by atoms with Crippen molar-refractivity contribution in [2.75, 3.05) is 6.54 Å². The molecule has 23 heavy (non-hydrogen) atoms. The molecule has 2 aromatic rings. The fourth-order valence-electron chi connectivity index (χ4n) is 2.23. The molecule has 0 aliphatic heterocycles. The second-order valence-corrected chi connectivity index (χ2v) is 8.41. The summed E-state index contributed by atoms with van der Waals surface area (Å²) in [6.45, 7) is 6.43. The van der Waals surface area contributed by atoms with Crippen LogP contribution in [0.3, 0.4) is 0 Å². The molecule has 1 atom stereocenters. The Morgan fingerprint density at radius 1 is 1.00 bits per heavy atom. The standard InChI is InChI=1S/C18H24N2O2S/c1-18(2,3)15-9-11-16(12-10-15)23(21,22)20-13-17(19)14-7-5-4-6-8-14/h4-12,17,20H,13,19H2,1-3H3. The topological polar surface area (TPSA) is 72.2 Å². The highest BCUT2D eigenvalue weighted by Gasteiger charge is 2.18. The van der Waals surface area contributed by atoms with Gasteiger partial charge in [-0.3, -0.25) is 0 Å². The van der Waals surface area contributed by atoms with Crippen LogP contribution in [-0.4, -0.2) is 15.0 Å². The van der Waals surface area contributed by atoms with E-state index in [2.05, 4.69) is 25.5 Å². The van der Waals surface area contributed by atoms with Gasteiger partial charge in [0.2, 0.25) is 10.0 Å². The van der Waals surface area contributed by atoms with E-state index in [1.165, 1.54) is 0 Å². The minimum absolute atomic E-state index is 0.00855. The van der Waals surface area contributed by atoms with Gasteiger partial charge in [-0.2, -0.15) is 0 Å². The molecule has 2 aromatic carbocycles. The Bertz CT molecular complexity index is 733. The molecule has 0 aromatic heterocycles. The Kier molecular flexibility index (Phi) is 5.24. The molecule has 0 saturated heterocycles. The molecule has 0 saturated carbocycles. The van der Waals surface area contributed by atoms with Gasteiger partial charge in [-0.15, -0.1) is 0 Å². The lowest BCUT2D eigenvalue weighted by molar-refractivity contribution is 0.570. The van der Waals surface area contributed by atoms with Crippen LogP contribution in [0.2, 0.25) is 0 Å². The molecule has 1 unspecified atom stereocenters. The van der Waals surface area contributed by atoms with Gasteiger partial charge in [-0.1, -0.05) is 63.2 Å². The van der Waals surface area contributed by atoms with Crippen LogP contribution in [0, 0.1) is 0 Å². The fraction of sp³-hybridized carbons (Fsp3) is 0.333. The Hall–Kier alpha value is -1.69. The number of benzene rings is 2. The number of nitrogens with two attached hydrogens (primary N) is 1. The second kappa shape index (κ2) is 6.83. The highest BCUT2D eigenvalue weighted by molar-refractivity contribution is 7.89. The predicted molar refractivity (Wildman–Crippen MR) is 93.7 cm³/mol. The van der Waals surface area contributed by atoms with E-state index in [9.17, 15) is 8.42 Å². The van der Waals surface area contributed by atoms with Gasteiger partial charge < -0.3 is 5.73 Å². The molecule has 0 aliphatic carbocycles. The summed E-state index contributed by atoms with van der Waals surface area (Å²) in [6, 6.07) is 16.0. The van der Waals surface area contributed by atoms with Crippen molar-refractivity contribution in [1.82, 2.24) is 4.72 Å². The van der Waals surface area contributed by atoms with Crippen LogP contribution in [0.25, 0.3) is 0 Å². The van der Waals surface area contributed by atoms with Gasteiger partial charge in [0.15, 0.2) is 0 Å². The maximum Gasteiger partial charge on any atom is 0.240 e. The van der Waals surface area contributed by atoms with E-state index in [4.69, 9.17) is 5.73 Å². The van der Waals surface area contributed by atoms with E-state index in [1.54, 1.807) is 12.1 Å². The van der Waals surface area contributed by atoms with Crippen LogP contribution in [0.4, 0.5) is 0 Å². The normalized spacial score (nSPS) is 13.7. The number of nitrogens with one attached hydrogen (secondary N) is 1. The quantitative estimate of drug-likeness (QED) is 0.884.